The molecule has 5 nitrogen and oxygen atoms in total. The maximum Gasteiger partial charge on any atom is 0.573 e. The monoisotopic (exact) mass is 453 g/mol. The summed E-state index contributed by atoms with van der Waals surface area (Å²) < 4.78 is 52.0. The molecule has 3 aromatic rings. The highest BCUT2D eigenvalue weighted by molar-refractivity contribution is 5.71. The average Bonchev–Trinajstić information content (AvgIpc) is 3.19. The van der Waals surface area contributed by atoms with Crippen molar-refractivity contribution in [3.8, 4) is 23.3 Å². The quantitative estimate of drug-likeness (QED) is 0.529. The zero-order chi connectivity index (χ0) is 23.4. The van der Waals surface area contributed by atoms with Crippen LogP contribution in [0.4, 0.5) is 18.0 Å². The Labute approximate surface area is 188 Å². The Hall–Kier alpha value is -4.12. The van der Waals surface area contributed by atoms with Gasteiger partial charge in [0.25, 0.3) is 0 Å². The standard InChI is InChI=1S/C25H18F3NO4/c1-31-20-9-4-8-19(15-20)23-22(29-24(30)32-23)18-7-2-5-16(13-18)11-12-17-6-3-10-21(14-17)33-25(26,27)28/h2-10,13-15,22-23H,1H3,(H,29,30)/t22-,23-/m1/s1. The summed E-state index contributed by atoms with van der Waals surface area (Å²) in [5.41, 5.74) is 2.54. The minimum absolute atomic E-state index is 0.338. The molecular formula is C25H18F3NO4. The predicted octanol–water partition coefficient (Wildman–Crippen LogP) is 5.52. The van der Waals surface area contributed by atoms with Crippen LogP contribution >= 0.6 is 0 Å². The SMILES string of the molecule is COc1cccc([C@H]2OC(=O)N[C@@H]2c2cccc(C#Cc3cccc(OC(F)(F)F)c3)c2)c1. The molecule has 8 heteroatoms. The molecule has 0 radical (unpaired) electrons. The zero-order valence-corrected chi connectivity index (χ0v) is 17.3. The summed E-state index contributed by atoms with van der Waals surface area (Å²) in [6, 6.07) is 19.5. The van der Waals surface area contributed by atoms with E-state index in [0.717, 1.165) is 11.1 Å². The summed E-state index contributed by atoms with van der Waals surface area (Å²) in [4.78, 5) is 12.0. The Balaban J connectivity index is 1.58. The van der Waals surface area contributed by atoms with Gasteiger partial charge in [-0.05, 0) is 53.6 Å². The first-order chi connectivity index (χ1) is 15.8. The van der Waals surface area contributed by atoms with Crippen molar-refractivity contribution in [2.75, 3.05) is 7.11 Å². The molecule has 0 bridgehead atoms. The van der Waals surface area contributed by atoms with E-state index in [1.54, 1.807) is 43.5 Å². The fourth-order valence-electron chi connectivity index (χ4n) is 3.48. The molecule has 168 valence electrons. The molecular weight excluding hydrogens is 435 g/mol. The van der Waals surface area contributed by atoms with E-state index in [2.05, 4.69) is 21.9 Å². The van der Waals surface area contributed by atoms with Crippen LogP contribution < -0.4 is 14.8 Å². The van der Waals surface area contributed by atoms with Gasteiger partial charge < -0.3 is 19.5 Å². The number of alkyl halides is 3. The molecule has 1 amide bonds. The number of hydrogen-bond donors (Lipinski definition) is 1. The van der Waals surface area contributed by atoms with Crippen LogP contribution in [0.5, 0.6) is 11.5 Å². The number of rotatable bonds is 4. The maximum atomic E-state index is 12.4. The lowest BCUT2D eigenvalue weighted by Gasteiger charge is -2.18. The lowest BCUT2D eigenvalue weighted by molar-refractivity contribution is -0.274. The van der Waals surface area contributed by atoms with Crippen molar-refractivity contribution in [1.82, 2.24) is 5.32 Å². The molecule has 2 atom stereocenters. The lowest BCUT2D eigenvalue weighted by Crippen LogP contribution is -2.19. The number of cyclic esters (lactones) is 1. The number of carbonyl (C=O) groups excluding carboxylic acids is 1. The molecule has 0 spiro atoms. The van der Waals surface area contributed by atoms with Crippen molar-refractivity contribution in [2.45, 2.75) is 18.5 Å². The van der Waals surface area contributed by atoms with Crippen molar-refractivity contribution in [1.29, 1.82) is 0 Å². The molecule has 1 aliphatic heterocycles. The fraction of sp³-hybridized carbons (Fsp3) is 0.160. The van der Waals surface area contributed by atoms with Gasteiger partial charge in [-0.25, -0.2) is 4.79 Å². The second-order valence-electron chi connectivity index (χ2n) is 7.18. The fourth-order valence-corrected chi connectivity index (χ4v) is 3.48. The third kappa shape index (κ3) is 5.57. The van der Waals surface area contributed by atoms with Gasteiger partial charge in [-0.3, -0.25) is 0 Å². The van der Waals surface area contributed by atoms with E-state index in [0.29, 0.717) is 16.9 Å². The Morgan fingerprint density at radius 1 is 0.879 bits per heavy atom. The molecule has 1 saturated heterocycles. The Bertz CT molecular complexity index is 1230. The van der Waals surface area contributed by atoms with E-state index >= 15 is 0 Å². The summed E-state index contributed by atoms with van der Waals surface area (Å²) in [5.74, 6) is 6.08. The highest BCUT2D eigenvalue weighted by atomic mass is 19.4. The van der Waals surface area contributed by atoms with Gasteiger partial charge in [0.05, 0.1) is 13.2 Å². The third-order valence-electron chi connectivity index (χ3n) is 4.90. The number of amides is 1. The van der Waals surface area contributed by atoms with Gasteiger partial charge in [0.1, 0.15) is 11.5 Å². The Morgan fingerprint density at radius 2 is 1.52 bits per heavy atom. The van der Waals surface area contributed by atoms with Gasteiger partial charge >= 0.3 is 12.5 Å². The van der Waals surface area contributed by atoms with Crippen molar-refractivity contribution >= 4 is 6.09 Å². The Morgan fingerprint density at radius 3 is 2.24 bits per heavy atom. The van der Waals surface area contributed by atoms with Crippen LogP contribution in [0.2, 0.25) is 0 Å². The van der Waals surface area contributed by atoms with Crippen molar-refractivity contribution in [3.63, 3.8) is 0 Å². The molecule has 0 saturated carbocycles. The topological polar surface area (TPSA) is 56.8 Å². The van der Waals surface area contributed by atoms with Crippen molar-refractivity contribution in [2.24, 2.45) is 0 Å². The molecule has 33 heavy (non-hydrogen) atoms. The number of halogens is 3. The molecule has 1 heterocycles. The minimum Gasteiger partial charge on any atom is -0.497 e. The summed E-state index contributed by atoms with van der Waals surface area (Å²) in [6.07, 6.45) is -5.87. The van der Waals surface area contributed by atoms with Gasteiger partial charge in [-0.2, -0.15) is 0 Å². The summed E-state index contributed by atoms with van der Waals surface area (Å²) >= 11 is 0. The van der Waals surface area contributed by atoms with Crippen LogP contribution in [0.25, 0.3) is 0 Å². The normalized spacial score (nSPS) is 17.4. The smallest absolute Gasteiger partial charge is 0.497 e. The first kappa shape index (κ1) is 22.1. The van der Waals surface area contributed by atoms with Crippen molar-refractivity contribution in [3.05, 3.63) is 95.1 Å². The van der Waals surface area contributed by atoms with Crippen LogP contribution in [0.3, 0.4) is 0 Å². The first-order valence-electron chi connectivity index (χ1n) is 9.89. The highest BCUT2D eigenvalue weighted by Gasteiger charge is 2.36. The molecule has 1 N–H and O–H groups in total. The summed E-state index contributed by atoms with van der Waals surface area (Å²) in [5, 5.41) is 2.81. The summed E-state index contributed by atoms with van der Waals surface area (Å²) in [7, 11) is 1.56. The molecule has 0 aromatic heterocycles. The number of alkyl carbamates (subject to hydrolysis) is 1. The van der Waals surface area contributed by atoms with Gasteiger partial charge in [-0.1, -0.05) is 42.2 Å². The van der Waals surface area contributed by atoms with E-state index in [4.69, 9.17) is 9.47 Å². The van der Waals surface area contributed by atoms with E-state index in [1.807, 2.05) is 18.2 Å². The second kappa shape index (κ2) is 9.17. The van der Waals surface area contributed by atoms with E-state index in [9.17, 15) is 18.0 Å². The number of ether oxygens (including phenoxy) is 3. The molecule has 1 fully saturated rings. The Kier molecular flexibility index (Phi) is 6.13. The molecule has 0 aliphatic carbocycles. The zero-order valence-electron chi connectivity index (χ0n) is 17.3. The third-order valence-corrected chi connectivity index (χ3v) is 4.90. The van der Waals surface area contributed by atoms with Gasteiger partial charge in [-0.15, -0.1) is 13.2 Å². The first-order valence-corrected chi connectivity index (χ1v) is 9.89. The summed E-state index contributed by atoms with van der Waals surface area (Å²) in [6.45, 7) is 0. The second-order valence-corrected chi connectivity index (χ2v) is 7.18. The van der Waals surface area contributed by atoms with Crippen LogP contribution in [0.15, 0.2) is 72.8 Å². The number of carbonyl (C=O) groups is 1. The lowest BCUT2D eigenvalue weighted by atomic mass is 9.95. The van der Waals surface area contributed by atoms with Crippen LogP contribution in [-0.4, -0.2) is 19.6 Å². The molecule has 3 aromatic carbocycles. The highest BCUT2D eigenvalue weighted by Crippen LogP contribution is 2.37. The number of benzene rings is 3. The van der Waals surface area contributed by atoms with Crippen molar-refractivity contribution < 1.29 is 32.2 Å². The van der Waals surface area contributed by atoms with E-state index in [-0.39, 0.29) is 5.75 Å². The van der Waals surface area contributed by atoms with Gasteiger partial charge in [0, 0.05) is 11.1 Å². The average molecular weight is 453 g/mol. The molecule has 0 unspecified atom stereocenters. The van der Waals surface area contributed by atoms with E-state index in [1.165, 1.54) is 18.2 Å². The number of hydrogen-bond acceptors (Lipinski definition) is 4. The number of nitrogens with one attached hydrogen (secondary N) is 1. The van der Waals surface area contributed by atoms with Gasteiger partial charge in [0.15, 0.2) is 6.10 Å². The van der Waals surface area contributed by atoms with Crippen LogP contribution in [0, 0.1) is 11.8 Å². The van der Waals surface area contributed by atoms with Crippen LogP contribution in [-0.2, 0) is 4.74 Å². The predicted molar refractivity (Wildman–Crippen MR) is 114 cm³/mol. The largest absolute Gasteiger partial charge is 0.573 e. The minimum atomic E-state index is -4.77. The van der Waals surface area contributed by atoms with E-state index < -0.39 is 24.6 Å². The number of methoxy groups -OCH3 is 1. The van der Waals surface area contributed by atoms with Gasteiger partial charge in [0.2, 0.25) is 0 Å². The molecule has 4 rings (SSSR count). The maximum absolute atomic E-state index is 12.4. The molecule has 1 aliphatic rings. The van der Waals surface area contributed by atoms with Crippen LogP contribution in [0.1, 0.15) is 34.4 Å².